The van der Waals surface area contributed by atoms with Gasteiger partial charge in [-0.2, -0.15) is 5.26 Å². The van der Waals surface area contributed by atoms with E-state index in [2.05, 4.69) is 6.07 Å². The van der Waals surface area contributed by atoms with Gasteiger partial charge in [0.1, 0.15) is 11.7 Å². The fourth-order valence-electron chi connectivity index (χ4n) is 2.90. The van der Waals surface area contributed by atoms with Crippen LogP contribution < -0.4 is 4.74 Å². The average Bonchev–Trinajstić information content (AvgIpc) is 2.83. The zero-order valence-corrected chi connectivity index (χ0v) is 14.2. The summed E-state index contributed by atoms with van der Waals surface area (Å²) in [4.78, 5) is 14.4. The van der Waals surface area contributed by atoms with Crippen molar-refractivity contribution < 1.29 is 9.53 Å². The van der Waals surface area contributed by atoms with Gasteiger partial charge in [-0.15, -0.1) is 0 Å². The molecule has 23 heavy (non-hydrogen) atoms. The van der Waals surface area contributed by atoms with Crippen LogP contribution in [0.3, 0.4) is 0 Å². The van der Waals surface area contributed by atoms with Crippen LogP contribution in [0.5, 0.6) is 5.75 Å². The summed E-state index contributed by atoms with van der Waals surface area (Å²) in [7, 11) is 0. The topological polar surface area (TPSA) is 53.3 Å². The molecule has 0 saturated carbocycles. The Morgan fingerprint density at radius 2 is 1.96 bits per heavy atom. The van der Waals surface area contributed by atoms with Gasteiger partial charge >= 0.3 is 0 Å². The third-order valence-electron chi connectivity index (χ3n) is 4.38. The quantitative estimate of drug-likeness (QED) is 0.834. The summed E-state index contributed by atoms with van der Waals surface area (Å²) in [6.45, 7) is 5.98. The molecule has 0 spiro atoms. The molecule has 1 aliphatic rings. The van der Waals surface area contributed by atoms with Gasteiger partial charge in [0.25, 0.3) is 0 Å². The maximum Gasteiger partial charge on any atom is 0.240 e. The number of hydrogen-bond donors (Lipinski definition) is 0. The van der Waals surface area contributed by atoms with Crippen LogP contribution in [0, 0.1) is 31.1 Å². The summed E-state index contributed by atoms with van der Waals surface area (Å²) in [6.07, 6.45) is 4.89. The number of rotatable bonds is 5. The van der Waals surface area contributed by atoms with Gasteiger partial charge in [0.05, 0.1) is 12.7 Å². The predicted molar refractivity (Wildman–Crippen MR) is 90.2 cm³/mol. The molecule has 1 aliphatic heterocycles. The number of aryl methyl sites for hydroxylation is 2. The monoisotopic (exact) mass is 314 g/mol. The lowest BCUT2D eigenvalue weighted by Crippen LogP contribution is -2.37. The summed E-state index contributed by atoms with van der Waals surface area (Å²) in [5.41, 5.74) is 2.21. The van der Waals surface area contributed by atoms with Crippen LogP contribution in [-0.4, -0.2) is 30.5 Å². The minimum absolute atomic E-state index is 0.0287. The summed E-state index contributed by atoms with van der Waals surface area (Å²) in [5, 5.41) is 9.34. The van der Waals surface area contributed by atoms with Crippen molar-refractivity contribution >= 4 is 5.91 Å². The van der Waals surface area contributed by atoms with E-state index in [4.69, 9.17) is 4.74 Å². The molecule has 1 aromatic carbocycles. The van der Waals surface area contributed by atoms with E-state index < -0.39 is 5.92 Å². The number of hydrogen-bond acceptors (Lipinski definition) is 3. The molecular formula is C19H26N2O2. The number of carbonyl (C=O) groups excluding carboxylic acids is 1. The van der Waals surface area contributed by atoms with Crippen LogP contribution in [0.25, 0.3) is 0 Å². The van der Waals surface area contributed by atoms with Gasteiger partial charge in [0, 0.05) is 19.5 Å². The van der Waals surface area contributed by atoms with Crippen molar-refractivity contribution in [3.8, 4) is 11.8 Å². The van der Waals surface area contributed by atoms with Crippen molar-refractivity contribution in [2.75, 3.05) is 19.7 Å². The number of carbonyl (C=O) groups is 1. The lowest BCUT2D eigenvalue weighted by molar-refractivity contribution is -0.134. The van der Waals surface area contributed by atoms with Gasteiger partial charge in [-0.3, -0.25) is 4.79 Å². The number of nitrogens with zero attached hydrogens (tertiary/aromatic N) is 2. The third-order valence-corrected chi connectivity index (χ3v) is 4.38. The van der Waals surface area contributed by atoms with Gasteiger partial charge in [-0.05, 0) is 43.9 Å². The molecule has 0 bridgehead atoms. The second kappa shape index (κ2) is 8.57. The van der Waals surface area contributed by atoms with Crippen molar-refractivity contribution in [1.29, 1.82) is 5.26 Å². The Kier molecular flexibility index (Phi) is 6.46. The van der Waals surface area contributed by atoms with E-state index in [1.165, 1.54) is 12.8 Å². The Morgan fingerprint density at radius 3 is 2.61 bits per heavy atom. The summed E-state index contributed by atoms with van der Waals surface area (Å²) in [5.74, 6) is 0.209. The number of amides is 1. The molecule has 1 saturated heterocycles. The Bertz CT molecular complexity index is 569. The van der Waals surface area contributed by atoms with Crippen molar-refractivity contribution in [2.45, 2.75) is 46.0 Å². The van der Waals surface area contributed by atoms with Gasteiger partial charge in [-0.25, -0.2) is 0 Å². The van der Waals surface area contributed by atoms with Crippen LogP contribution in [-0.2, 0) is 4.79 Å². The predicted octanol–water partition coefficient (Wildman–Crippen LogP) is 3.61. The third kappa shape index (κ3) is 4.99. The molecule has 2 rings (SSSR count). The van der Waals surface area contributed by atoms with Gasteiger partial charge < -0.3 is 9.64 Å². The molecule has 0 aromatic heterocycles. The van der Waals surface area contributed by atoms with Gasteiger partial charge in [0.15, 0.2) is 0 Å². The Morgan fingerprint density at radius 1 is 1.26 bits per heavy atom. The van der Waals surface area contributed by atoms with Crippen LogP contribution in [0.2, 0.25) is 0 Å². The number of benzene rings is 1. The summed E-state index contributed by atoms with van der Waals surface area (Å²) in [6, 6.07) is 8.22. The fraction of sp³-hybridized carbons (Fsp3) is 0.579. The standard InChI is InChI=1S/C19H26N2O2/c1-15-7-8-16(2)18(13-15)23-12-9-17(14-20)19(22)21-10-5-3-4-6-11-21/h7-8,13,17H,3-6,9-12H2,1-2H3. The second-order valence-corrected chi connectivity index (χ2v) is 6.33. The van der Waals surface area contributed by atoms with E-state index in [0.29, 0.717) is 13.0 Å². The summed E-state index contributed by atoms with van der Waals surface area (Å²) >= 11 is 0. The molecule has 4 nitrogen and oxygen atoms in total. The first-order valence-corrected chi connectivity index (χ1v) is 8.50. The van der Waals surface area contributed by atoms with E-state index in [-0.39, 0.29) is 5.91 Å². The number of ether oxygens (including phenoxy) is 1. The molecule has 124 valence electrons. The van der Waals surface area contributed by atoms with E-state index in [1.54, 1.807) is 0 Å². The SMILES string of the molecule is Cc1ccc(C)c(OCCC(C#N)C(=O)N2CCCCCC2)c1. The Hall–Kier alpha value is -2.02. The van der Waals surface area contributed by atoms with Crippen molar-refractivity contribution in [2.24, 2.45) is 5.92 Å². The molecule has 1 atom stereocenters. The fourth-order valence-corrected chi connectivity index (χ4v) is 2.90. The molecule has 1 amide bonds. The molecular weight excluding hydrogens is 288 g/mol. The maximum absolute atomic E-state index is 12.5. The van der Waals surface area contributed by atoms with Gasteiger partial charge in [-0.1, -0.05) is 25.0 Å². The van der Waals surface area contributed by atoms with Crippen molar-refractivity contribution in [1.82, 2.24) is 4.90 Å². The maximum atomic E-state index is 12.5. The highest BCUT2D eigenvalue weighted by atomic mass is 16.5. The van der Waals surface area contributed by atoms with E-state index in [9.17, 15) is 10.1 Å². The lowest BCUT2D eigenvalue weighted by atomic mass is 10.1. The normalized spacial score (nSPS) is 16.3. The second-order valence-electron chi connectivity index (χ2n) is 6.33. The van der Waals surface area contributed by atoms with Crippen LogP contribution in [0.4, 0.5) is 0 Å². The molecule has 1 aromatic rings. The van der Waals surface area contributed by atoms with E-state index in [1.807, 2.05) is 36.9 Å². The summed E-state index contributed by atoms with van der Waals surface area (Å²) < 4.78 is 5.79. The highest BCUT2D eigenvalue weighted by molar-refractivity contribution is 5.81. The zero-order chi connectivity index (χ0) is 16.7. The minimum atomic E-state index is -0.599. The highest BCUT2D eigenvalue weighted by Gasteiger charge is 2.24. The van der Waals surface area contributed by atoms with Gasteiger partial charge in [0.2, 0.25) is 5.91 Å². The van der Waals surface area contributed by atoms with Crippen molar-refractivity contribution in [3.05, 3.63) is 29.3 Å². The van der Waals surface area contributed by atoms with Crippen LogP contribution in [0.15, 0.2) is 18.2 Å². The molecule has 4 heteroatoms. The zero-order valence-electron chi connectivity index (χ0n) is 14.2. The number of likely N-dealkylation sites (tertiary alicyclic amines) is 1. The lowest BCUT2D eigenvalue weighted by Gasteiger charge is -2.23. The minimum Gasteiger partial charge on any atom is -0.493 e. The number of nitriles is 1. The van der Waals surface area contributed by atoms with E-state index >= 15 is 0 Å². The van der Waals surface area contributed by atoms with Crippen LogP contribution in [0.1, 0.15) is 43.2 Å². The smallest absolute Gasteiger partial charge is 0.240 e. The first kappa shape index (κ1) is 17.3. The first-order valence-electron chi connectivity index (χ1n) is 8.50. The van der Waals surface area contributed by atoms with Crippen molar-refractivity contribution in [3.63, 3.8) is 0 Å². The first-order chi connectivity index (χ1) is 11.1. The Labute approximate surface area is 139 Å². The molecule has 1 heterocycles. The van der Waals surface area contributed by atoms with E-state index in [0.717, 1.165) is 42.8 Å². The molecule has 0 aliphatic carbocycles. The molecule has 0 N–H and O–H groups in total. The average molecular weight is 314 g/mol. The Balaban J connectivity index is 1.88. The van der Waals surface area contributed by atoms with Crippen LogP contribution >= 0.6 is 0 Å². The molecule has 0 radical (unpaired) electrons. The largest absolute Gasteiger partial charge is 0.493 e. The molecule has 1 unspecified atom stereocenters. The molecule has 1 fully saturated rings. The highest BCUT2D eigenvalue weighted by Crippen LogP contribution is 2.20.